The van der Waals surface area contributed by atoms with Crippen LogP contribution in [0, 0.1) is 11.3 Å². The number of benzene rings is 1. The number of carbonyl (C=O) groups is 3. The number of nitrogens with two attached hydrogens (primary N) is 1. The summed E-state index contributed by atoms with van der Waals surface area (Å²) < 4.78 is 5.47. The fourth-order valence-corrected chi connectivity index (χ4v) is 4.25. The molecule has 1 aliphatic heterocycles. The Balaban J connectivity index is 1.43. The Labute approximate surface area is 238 Å². The summed E-state index contributed by atoms with van der Waals surface area (Å²) in [7, 11) is 0. The van der Waals surface area contributed by atoms with Gasteiger partial charge in [-0.05, 0) is 70.4 Å². The number of nitriles is 1. The number of anilines is 1. The lowest BCUT2D eigenvalue weighted by atomic mass is 9.90. The van der Waals surface area contributed by atoms with Gasteiger partial charge in [-0.3, -0.25) is 14.6 Å². The van der Waals surface area contributed by atoms with Crippen molar-refractivity contribution in [2.45, 2.75) is 58.6 Å². The van der Waals surface area contributed by atoms with Gasteiger partial charge in [-0.25, -0.2) is 14.8 Å². The number of hydrogen-bond acceptors (Lipinski definition) is 9. The van der Waals surface area contributed by atoms with Crippen molar-refractivity contribution < 1.29 is 19.1 Å². The van der Waals surface area contributed by atoms with Gasteiger partial charge in [0.1, 0.15) is 5.60 Å². The lowest BCUT2D eigenvalue weighted by molar-refractivity contribution is 0.0223. The maximum Gasteiger partial charge on any atom is 0.410 e. The molecule has 0 radical (unpaired) electrons. The van der Waals surface area contributed by atoms with E-state index in [1.165, 1.54) is 6.20 Å². The quantitative estimate of drug-likeness (QED) is 0.430. The third-order valence-corrected chi connectivity index (χ3v) is 6.59. The molecule has 0 aliphatic carbocycles. The molecule has 0 bridgehead atoms. The van der Waals surface area contributed by atoms with E-state index in [4.69, 9.17) is 10.5 Å². The molecule has 3 heterocycles. The highest BCUT2D eigenvalue weighted by Gasteiger charge is 2.27. The van der Waals surface area contributed by atoms with Gasteiger partial charge >= 0.3 is 6.09 Å². The third kappa shape index (κ3) is 6.84. The molecule has 11 heteroatoms. The summed E-state index contributed by atoms with van der Waals surface area (Å²) in [6.45, 7) is 9.61. The molecule has 2 amide bonds. The molecular weight excluding hydrogens is 522 g/mol. The minimum absolute atomic E-state index is 0.0753. The number of ketones is 1. The zero-order valence-corrected chi connectivity index (χ0v) is 23.8. The van der Waals surface area contributed by atoms with Crippen molar-refractivity contribution in [3.63, 3.8) is 0 Å². The predicted molar refractivity (Wildman–Crippen MR) is 152 cm³/mol. The topological polar surface area (TPSA) is 164 Å². The molecule has 212 valence electrons. The molecule has 0 saturated carbocycles. The van der Waals surface area contributed by atoms with Gasteiger partial charge < -0.3 is 20.7 Å². The van der Waals surface area contributed by atoms with E-state index in [2.05, 4.69) is 26.3 Å². The second-order valence-electron chi connectivity index (χ2n) is 11.4. The van der Waals surface area contributed by atoms with E-state index in [0.717, 1.165) is 11.1 Å². The summed E-state index contributed by atoms with van der Waals surface area (Å²) in [5, 5.41) is 12.0. The number of carbonyl (C=O) groups excluding carboxylic acids is 3. The van der Waals surface area contributed by atoms with E-state index >= 15 is 0 Å². The maximum atomic E-state index is 12.9. The molecular formula is C30H33N7O4. The molecule has 2 aromatic heterocycles. The van der Waals surface area contributed by atoms with E-state index in [1.54, 1.807) is 49.2 Å². The van der Waals surface area contributed by atoms with Crippen LogP contribution in [-0.2, 0) is 23.1 Å². The van der Waals surface area contributed by atoms with Crippen molar-refractivity contribution in [3.05, 3.63) is 70.8 Å². The van der Waals surface area contributed by atoms with E-state index in [0.29, 0.717) is 42.0 Å². The van der Waals surface area contributed by atoms with Crippen LogP contribution < -0.4 is 11.1 Å². The van der Waals surface area contributed by atoms with Crippen LogP contribution in [-0.4, -0.2) is 56.3 Å². The zero-order valence-electron chi connectivity index (χ0n) is 23.8. The van der Waals surface area contributed by atoms with E-state index < -0.39 is 16.9 Å². The first-order chi connectivity index (χ1) is 19.3. The first kappa shape index (κ1) is 29.1. The SMILES string of the molecule is CC(C)(C)OC(=O)N1CCc2cc(C(=O)CNC(=O)c3nc(-c4ccnc(C(C)(C)C#N)c4)cnc3N)ccc2C1. The largest absolute Gasteiger partial charge is 0.444 e. The van der Waals surface area contributed by atoms with Crippen molar-refractivity contribution in [3.8, 4) is 17.3 Å². The van der Waals surface area contributed by atoms with Crippen LogP contribution in [0.4, 0.5) is 10.6 Å². The normalized spacial score (nSPS) is 13.1. The van der Waals surface area contributed by atoms with Crippen LogP contribution in [0.25, 0.3) is 11.3 Å². The van der Waals surface area contributed by atoms with Crippen molar-refractivity contribution in [2.75, 3.05) is 18.8 Å². The first-order valence-electron chi connectivity index (χ1n) is 13.2. The lowest BCUT2D eigenvalue weighted by Gasteiger charge is -2.31. The Kier molecular flexibility index (Phi) is 8.05. The lowest BCUT2D eigenvalue weighted by Crippen LogP contribution is -2.40. The van der Waals surface area contributed by atoms with Gasteiger partial charge in [-0.1, -0.05) is 12.1 Å². The van der Waals surface area contributed by atoms with Gasteiger partial charge in [-0.15, -0.1) is 0 Å². The number of amides is 2. The monoisotopic (exact) mass is 555 g/mol. The molecule has 0 saturated heterocycles. The highest BCUT2D eigenvalue weighted by atomic mass is 16.6. The molecule has 41 heavy (non-hydrogen) atoms. The number of hydrogen-bond donors (Lipinski definition) is 2. The molecule has 4 rings (SSSR count). The Bertz CT molecular complexity index is 1550. The minimum Gasteiger partial charge on any atom is -0.444 e. The van der Waals surface area contributed by atoms with Crippen molar-refractivity contribution >= 4 is 23.6 Å². The van der Waals surface area contributed by atoms with Gasteiger partial charge in [-0.2, -0.15) is 5.26 Å². The van der Waals surface area contributed by atoms with E-state index in [-0.39, 0.29) is 29.9 Å². The molecule has 3 aromatic rings. The van der Waals surface area contributed by atoms with Crippen LogP contribution >= 0.6 is 0 Å². The Morgan fingerprint density at radius 2 is 1.85 bits per heavy atom. The average Bonchev–Trinajstić information content (AvgIpc) is 2.94. The minimum atomic E-state index is -0.814. The van der Waals surface area contributed by atoms with E-state index in [1.807, 2.05) is 26.8 Å². The smallest absolute Gasteiger partial charge is 0.410 e. The van der Waals surface area contributed by atoms with Gasteiger partial charge in [0.15, 0.2) is 17.3 Å². The number of pyridine rings is 1. The molecule has 0 fully saturated rings. The summed E-state index contributed by atoms with van der Waals surface area (Å²) in [5.41, 5.74) is 8.36. The van der Waals surface area contributed by atoms with Crippen LogP contribution in [0.1, 0.15) is 72.3 Å². The standard InChI is InChI=1S/C30H33N7O4/c1-29(2,3)41-28(40)37-11-9-18-12-20(6-7-21(18)16-37)23(38)15-35-27(39)25-26(32)34-14-22(36-25)19-8-10-33-24(13-19)30(4,5)17-31/h6-8,10,12-14H,9,11,15-16H2,1-5H3,(H2,32,34)(H,35,39). The number of nitrogens with zero attached hydrogens (tertiary/aromatic N) is 5. The van der Waals surface area contributed by atoms with Crippen LogP contribution in [0.2, 0.25) is 0 Å². The third-order valence-electron chi connectivity index (χ3n) is 6.59. The number of Topliss-reactive ketones (excluding diaryl/α,β-unsaturated/α-hetero) is 1. The summed E-state index contributed by atoms with van der Waals surface area (Å²) in [5.74, 6) is -0.993. The van der Waals surface area contributed by atoms with Gasteiger partial charge in [0.05, 0.1) is 35.6 Å². The van der Waals surface area contributed by atoms with Gasteiger partial charge in [0, 0.05) is 30.4 Å². The Morgan fingerprint density at radius 1 is 1.10 bits per heavy atom. The fourth-order valence-electron chi connectivity index (χ4n) is 4.25. The number of ether oxygens (including phenoxy) is 1. The molecule has 0 spiro atoms. The maximum absolute atomic E-state index is 12.9. The summed E-state index contributed by atoms with van der Waals surface area (Å²) in [4.78, 5) is 52.7. The van der Waals surface area contributed by atoms with Gasteiger partial charge in [0.25, 0.3) is 5.91 Å². The number of nitrogens with one attached hydrogen (secondary N) is 1. The predicted octanol–water partition coefficient (Wildman–Crippen LogP) is 3.83. The second-order valence-corrected chi connectivity index (χ2v) is 11.4. The summed E-state index contributed by atoms with van der Waals surface area (Å²) in [6.07, 6.45) is 3.22. The zero-order chi connectivity index (χ0) is 29.9. The summed E-state index contributed by atoms with van der Waals surface area (Å²) >= 11 is 0. The highest BCUT2D eigenvalue weighted by Crippen LogP contribution is 2.26. The molecule has 0 atom stereocenters. The van der Waals surface area contributed by atoms with Crippen LogP contribution in [0.15, 0.2) is 42.7 Å². The fraction of sp³-hybridized carbons (Fsp3) is 0.367. The molecule has 1 aliphatic rings. The molecule has 1 aromatic carbocycles. The number of nitrogen functional groups attached to an aromatic ring is 1. The number of aromatic nitrogens is 3. The van der Waals surface area contributed by atoms with Gasteiger partial charge in [0.2, 0.25) is 0 Å². The highest BCUT2D eigenvalue weighted by molar-refractivity contribution is 6.03. The number of fused-ring (bicyclic) bond motifs is 1. The van der Waals surface area contributed by atoms with Crippen molar-refractivity contribution in [2.24, 2.45) is 0 Å². The van der Waals surface area contributed by atoms with Crippen molar-refractivity contribution in [1.82, 2.24) is 25.2 Å². The van der Waals surface area contributed by atoms with Crippen molar-refractivity contribution in [1.29, 1.82) is 5.26 Å². The number of rotatable bonds is 6. The molecule has 3 N–H and O–H groups in total. The Hall–Kier alpha value is -4.85. The summed E-state index contributed by atoms with van der Waals surface area (Å²) in [6, 6.07) is 10.9. The average molecular weight is 556 g/mol. The molecule has 11 nitrogen and oxygen atoms in total. The Morgan fingerprint density at radius 3 is 2.56 bits per heavy atom. The van der Waals surface area contributed by atoms with Crippen LogP contribution in [0.5, 0.6) is 0 Å². The second kappa shape index (κ2) is 11.3. The van der Waals surface area contributed by atoms with Crippen LogP contribution in [0.3, 0.4) is 0 Å². The van der Waals surface area contributed by atoms with E-state index in [9.17, 15) is 19.6 Å². The first-order valence-corrected chi connectivity index (χ1v) is 13.2. The molecule has 0 unspecified atom stereocenters.